The van der Waals surface area contributed by atoms with E-state index in [4.69, 9.17) is 15.2 Å². The zero-order valence-electron chi connectivity index (χ0n) is 15.3. The van der Waals surface area contributed by atoms with E-state index in [0.29, 0.717) is 11.1 Å². The van der Waals surface area contributed by atoms with Gasteiger partial charge >= 0.3 is 5.97 Å². The third-order valence-corrected chi connectivity index (χ3v) is 4.74. The van der Waals surface area contributed by atoms with Crippen molar-refractivity contribution < 1.29 is 19.1 Å². The number of fused-ring (bicyclic) bond motifs is 1. The lowest BCUT2D eigenvalue weighted by atomic mass is 9.93. The van der Waals surface area contributed by atoms with Crippen LogP contribution in [0, 0.1) is 0 Å². The van der Waals surface area contributed by atoms with Crippen molar-refractivity contribution in [1.82, 2.24) is 0 Å². The fraction of sp³-hybridized carbons (Fsp3) is 0.130. The molecule has 0 spiro atoms. The number of ketones is 1. The molecule has 0 fully saturated rings. The molecular weight excluding hydrogens is 354 g/mol. The molecule has 1 unspecified atom stereocenters. The first-order valence-electron chi connectivity index (χ1n) is 9.06. The third kappa shape index (κ3) is 3.01. The first kappa shape index (κ1) is 17.8. The van der Waals surface area contributed by atoms with Gasteiger partial charge in [-0.1, -0.05) is 54.6 Å². The van der Waals surface area contributed by atoms with Gasteiger partial charge in [0.25, 0.3) is 0 Å². The molecule has 140 valence electrons. The molecule has 2 N–H and O–H groups in total. The van der Waals surface area contributed by atoms with E-state index in [2.05, 4.69) is 0 Å². The molecule has 3 aromatic carbocycles. The third-order valence-electron chi connectivity index (χ3n) is 4.74. The molecule has 0 bridgehead atoms. The maximum absolute atomic E-state index is 13.2. The fourth-order valence-electron chi connectivity index (χ4n) is 3.48. The van der Waals surface area contributed by atoms with Gasteiger partial charge in [0.05, 0.1) is 17.7 Å². The zero-order chi connectivity index (χ0) is 19.7. The quantitative estimate of drug-likeness (QED) is 0.700. The van der Waals surface area contributed by atoms with Crippen LogP contribution in [0.2, 0.25) is 0 Å². The highest BCUT2D eigenvalue weighted by Gasteiger charge is 2.37. The Balaban J connectivity index is 1.71. The van der Waals surface area contributed by atoms with Crippen molar-refractivity contribution >= 4 is 28.1 Å². The van der Waals surface area contributed by atoms with E-state index >= 15 is 0 Å². The first-order chi connectivity index (χ1) is 13.6. The number of nitrogens with two attached hydrogens (primary N) is 1. The molecule has 1 aliphatic heterocycles. The van der Waals surface area contributed by atoms with Crippen molar-refractivity contribution in [3.05, 3.63) is 89.3 Å². The Hall–Kier alpha value is -3.60. The average molecular weight is 373 g/mol. The number of carbonyl (C=O) groups is 2. The van der Waals surface area contributed by atoms with Crippen LogP contribution in [0.15, 0.2) is 72.6 Å². The molecule has 4 rings (SSSR count). The molecule has 28 heavy (non-hydrogen) atoms. The smallest absolute Gasteiger partial charge is 0.338 e. The van der Waals surface area contributed by atoms with Crippen molar-refractivity contribution in [3.8, 4) is 0 Å². The maximum Gasteiger partial charge on any atom is 0.338 e. The Morgan fingerprint density at radius 1 is 1.07 bits per heavy atom. The summed E-state index contributed by atoms with van der Waals surface area (Å²) in [5.74, 6) is -0.612. The monoisotopic (exact) mass is 373 g/mol. The second-order valence-corrected chi connectivity index (χ2v) is 6.47. The summed E-state index contributed by atoms with van der Waals surface area (Å²) in [7, 11) is 0. The SMILES string of the molecule is CCOC(=O)c1cccc(C2=C(N)OC(c3cccc4ccccc34)C2=O)c1. The molecule has 0 saturated carbocycles. The van der Waals surface area contributed by atoms with E-state index in [9.17, 15) is 9.59 Å². The summed E-state index contributed by atoms with van der Waals surface area (Å²) in [5.41, 5.74) is 8.03. The van der Waals surface area contributed by atoms with Gasteiger partial charge in [-0.25, -0.2) is 4.79 Å². The Morgan fingerprint density at radius 2 is 1.82 bits per heavy atom. The Kier molecular flexibility index (Phi) is 4.57. The molecule has 1 aliphatic rings. The van der Waals surface area contributed by atoms with Crippen LogP contribution < -0.4 is 5.73 Å². The van der Waals surface area contributed by atoms with Gasteiger partial charge in [-0.2, -0.15) is 0 Å². The number of esters is 1. The van der Waals surface area contributed by atoms with Crippen LogP contribution in [0.25, 0.3) is 16.3 Å². The summed E-state index contributed by atoms with van der Waals surface area (Å²) >= 11 is 0. The average Bonchev–Trinajstić information content (AvgIpc) is 3.01. The molecule has 0 saturated heterocycles. The van der Waals surface area contributed by atoms with Crippen LogP contribution in [-0.2, 0) is 14.3 Å². The highest BCUT2D eigenvalue weighted by Crippen LogP contribution is 2.38. The molecule has 0 aromatic heterocycles. The van der Waals surface area contributed by atoms with E-state index in [0.717, 1.165) is 16.3 Å². The minimum Gasteiger partial charge on any atom is -0.462 e. The topological polar surface area (TPSA) is 78.6 Å². The van der Waals surface area contributed by atoms with Crippen LogP contribution in [0.1, 0.15) is 34.5 Å². The van der Waals surface area contributed by atoms with Crippen molar-refractivity contribution in [2.24, 2.45) is 5.73 Å². The number of benzene rings is 3. The van der Waals surface area contributed by atoms with Gasteiger partial charge in [0.15, 0.2) is 12.0 Å². The first-order valence-corrected chi connectivity index (χ1v) is 9.06. The van der Waals surface area contributed by atoms with E-state index in [-0.39, 0.29) is 23.8 Å². The number of Topliss-reactive ketones (excluding diaryl/α,β-unsaturated/α-hetero) is 1. The van der Waals surface area contributed by atoms with Gasteiger partial charge in [0.2, 0.25) is 5.78 Å². The normalized spacial score (nSPS) is 16.3. The van der Waals surface area contributed by atoms with Crippen LogP contribution in [-0.4, -0.2) is 18.4 Å². The summed E-state index contributed by atoms with van der Waals surface area (Å²) < 4.78 is 10.8. The summed E-state index contributed by atoms with van der Waals surface area (Å²) in [6.45, 7) is 2.02. The number of ether oxygens (including phenoxy) is 2. The minimum absolute atomic E-state index is 0.0592. The predicted molar refractivity (Wildman–Crippen MR) is 106 cm³/mol. The molecule has 5 heteroatoms. The molecule has 0 aliphatic carbocycles. The number of carbonyl (C=O) groups excluding carboxylic acids is 2. The van der Waals surface area contributed by atoms with Crippen molar-refractivity contribution in [1.29, 1.82) is 0 Å². The molecule has 0 radical (unpaired) electrons. The largest absolute Gasteiger partial charge is 0.462 e. The lowest BCUT2D eigenvalue weighted by Gasteiger charge is -2.13. The highest BCUT2D eigenvalue weighted by molar-refractivity contribution is 6.25. The lowest BCUT2D eigenvalue weighted by molar-refractivity contribution is -0.120. The fourth-order valence-corrected chi connectivity index (χ4v) is 3.48. The van der Waals surface area contributed by atoms with Crippen molar-refractivity contribution in [3.63, 3.8) is 0 Å². The lowest BCUT2D eigenvalue weighted by Crippen LogP contribution is -2.10. The maximum atomic E-state index is 13.2. The van der Waals surface area contributed by atoms with Gasteiger partial charge in [0.1, 0.15) is 0 Å². The Labute approximate surface area is 162 Å². The van der Waals surface area contributed by atoms with Crippen molar-refractivity contribution in [2.45, 2.75) is 13.0 Å². The Bertz CT molecular complexity index is 1110. The zero-order valence-corrected chi connectivity index (χ0v) is 15.3. The highest BCUT2D eigenvalue weighted by atomic mass is 16.5. The van der Waals surface area contributed by atoms with Gasteiger partial charge < -0.3 is 15.2 Å². The van der Waals surface area contributed by atoms with Crippen LogP contribution in [0.3, 0.4) is 0 Å². The summed E-state index contributed by atoms with van der Waals surface area (Å²) in [4.78, 5) is 25.2. The van der Waals surface area contributed by atoms with Gasteiger partial charge in [-0.05, 0) is 35.4 Å². The van der Waals surface area contributed by atoms with Gasteiger partial charge in [-0.3, -0.25) is 4.79 Å². The number of hydrogen-bond donors (Lipinski definition) is 1. The van der Waals surface area contributed by atoms with Crippen LogP contribution in [0.4, 0.5) is 0 Å². The van der Waals surface area contributed by atoms with Gasteiger partial charge in [0, 0.05) is 5.56 Å². The number of hydrogen-bond acceptors (Lipinski definition) is 5. The predicted octanol–water partition coefficient (Wildman–Crippen LogP) is 3.98. The molecule has 1 heterocycles. The second-order valence-electron chi connectivity index (χ2n) is 6.47. The molecule has 5 nitrogen and oxygen atoms in total. The van der Waals surface area contributed by atoms with Crippen LogP contribution in [0.5, 0.6) is 0 Å². The Morgan fingerprint density at radius 3 is 2.64 bits per heavy atom. The molecule has 3 aromatic rings. The number of rotatable bonds is 4. The van der Waals surface area contributed by atoms with Crippen LogP contribution >= 0.6 is 0 Å². The van der Waals surface area contributed by atoms with Gasteiger partial charge in [-0.15, -0.1) is 0 Å². The molecule has 0 amide bonds. The second kappa shape index (κ2) is 7.19. The minimum atomic E-state index is -0.813. The van der Waals surface area contributed by atoms with E-state index in [1.54, 1.807) is 31.2 Å². The van der Waals surface area contributed by atoms with E-state index in [1.807, 2.05) is 42.5 Å². The summed E-state index contributed by atoms with van der Waals surface area (Å²) in [6.07, 6.45) is -0.813. The van der Waals surface area contributed by atoms with E-state index < -0.39 is 12.1 Å². The van der Waals surface area contributed by atoms with Crippen molar-refractivity contribution in [2.75, 3.05) is 6.61 Å². The van der Waals surface area contributed by atoms with E-state index in [1.165, 1.54) is 0 Å². The molecular formula is C23H19NO4. The molecule has 1 atom stereocenters. The standard InChI is InChI=1S/C23H19NO4/c1-2-27-23(26)16-10-5-9-15(13-16)19-20(25)21(28-22(19)24)18-12-6-8-14-7-3-4-11-17(14)18/h3-13,21H,2,24H2,1H3. The summed E-state index contributed by atoms with van der Waals surface area (Å²) in [6, 6.07) is 20.2. The summed E-state index contributed by atoms with van der Waals surface area (Å²) in [5, 5.41) is 1.96.